The number of benzene rings is 2. The molecule has 2 aromatic rings. The molecule has 21 heavy (non-hydrogen) atoms. The highest BCUT2D eigenvalue weighted by Crippen LogP contribution is 2.32. The lowest BCUT2D eigenvalue weighted by Crippen LogP contribution is -2.05. The number of ether oxygens (including phenoxy) is 1. The molecule has 112 valence electrons. The molecule has 1 atom stereocenters. The number of hydrogen-bond acceptors (Lipinski definition) is 2. The van der Waals surface area contributed by atoms with E-state index in [2.05, 4.69) is 37.3 Å². The smallest absolute Gasteiger partial charge is 0.128 e. The van der Waals surface area contributed by atoms with Gasteiger partial charge >= 0.3 is 0 Å². The van der Waals surface area contributed by atoms with Crippen LogP contribution in [0, 0.1) is 20.8 Å². The summed E-state index contributed by atoms with van der Waals surface area (Å²) in [5.41, 5.74) is 5.49. The summed E-state index contributed by atoms with van der Waals surface area (Å²) in [6.45, 7) is 8.65. The number of aliphatic hydroxyl groups excluding tert-OH is 1. The molecule has 0 heterocycles. The quantitative estimate of drug-likeness (QED) is 0.867. The van der Waals surface area contributed by atoms with Crippen molar-refractivity contribution in [3.8, 4) is 5.75 Å². The van der Waals surface area contributed by atoms with Gasteiger partial charge in [0.2, 0.25) is 0 Å². The molecule has 2 aromatic carbocycles. The molecule has 0 saturated heterocycles. The zero-order valence-electron chi connectivity index (χ0n) is 13.3. The Labute approximate surface area is 127 Å². The largest absolute Gasteiger partial charge is 0.488 e. The highest BCUT2D eigenvalue weighted by Gasteiger charge is 2.15. The Bertz CT molecular complexity index is 600. The minimum atomic E-state index is -0.475. The number of hydrogen-bond donors (Lipinski definition) is 1. The van der Waals surface area contributed by atoms with E-state index >= 15 is 0 Å². The van der Waals surface area contributed by atoms with Gasteiger partial charge in [-0.2, -0.15) is 0 Å². The molecule has 2 nitrogen and oxygen atoms in total. The van der Waals surface area contributed by atoms with Crippen LogP contribution in [-0.4, -0.2) is 5.11 Å². The Morgan fingerprint density at radius 1 is 1.00 bits per heavy atom. The SMILES string of the molecule is CCC(O)c1cc(C)cc(C)c1OCc1ccc(C)cc1. The Morgan fingerprint density at radius 3 is 2.29 bits per heavy atom. The summed E-state index contributed by atoms with van der Waals surface area (Å²) in [5, 5.41) is 10.2. The molecule has 1 N–H and O–H groups in total. The number of aliphatic hydroxyl groups is 1. The first kappa shape index (κ1) is 15.6. The molecular formula is C19H24O2. The van der Waals surface area contributed by atoms with Gasteiger partial charge in [-0.1, -0.05) is 48.4 Å². The van der Waals surface area contributed by atoms with Crippen LogP contribution < -0.4 is 4.74 Å². The second-order valence-corrected chi connectivity index (χ2v) is 5.70. The van der Waals surface area contributed by atoms with Crippen molar-refractivity contribution >= 4 is 0 Å². The fraction of sp³-hybridized carbons (Fsp3) is 0.368. The van der Waals surface area contributed by atoms with Gasteiger partial charge in [0.05, 0.1) is 6.10 Å². The average Bonchev–Trinajstić information content (AvgIpc) is 2.46. The van der Waals surface area contributed by atoms with Crippen LogP contribution in [0.2, 0.25) is 0 Å². The first-order valence-electron chi connectivity index (χ1n) is 7.48. The predicted octanol–water partition coefficient (Wildman–Crippen LogP) is 4.63. The van der Waals surface area contributed by atoms with Gasteiger partial charge in [-0.3, -0.25) is 0 Å². The molecule has 0 aliphatic rings. The standard InChI is InChI=1S/C19H24O2/c1-5-18(20)17-11-14(3)10-15(4)19(17)21-12-16-8-6-13(2)7-9-16/h6-11,18,20H,5,12H2,1-4H3. The maximum absolute atomic E-state index is 10.2. The molecule has 0 bridgehead atoms. The second-order valence-electron chi connectivity index (χ2n) is 5.70. The molecule has 2 rings (SSSR count). The lowest BCUT2D eigenvalue weighted by atomic mass is 10.00. The third kappa shape index (κ3) is 3.85. The van der Waals surface area contributed by atoms with Gasteiger partial charge in [0, 0.05) is 5.56 Å². The molecule has 0 radical (unpaired) electrons. The van der Waals surface area contributed by atoms with Crippen LogP contribution in [0.25, 0.3) is 0 Å². The monoisotopic (exact) mass is 284 g/mol. The van der Waals surface area contributed by atoms with Crippen molar-refractivity contribution in [2.24, 2.45) is 0 Å². The molecule has 0 aliphatic heterocycles. The Balaban J connectivity index is 2.24. The van der Waals surface area contributed by atoms with Gasteiger partial charge < -0.3 is 9.84 Å². The summed E-state index contributed by atoms with van der Waals surface area (Å²) >= 11 is 0. The average molecular weight is 284 g/mol. The van der Waals surface area contributed by atoms with Gasteiger partial charge in [0.1, 0.15) is 12.4 Å². The molecule has 1 unspecified atom stereocenters. The molecule has 0 fully saturated rings. The number of aryl methyl sites for hydroxylation is 3. The topological polar surface area (TPSA) is 29.5 Å². The number of rotatable bonds is 5. The van der Waals surface area contributed by atoms with Gasteiger partial charge in [-0.05, 0) is 44.4 Å². The van der Waals surface area contributed by atoms with Crippen molar-refractivity contribution in [1.82, 2.24) is 0 Å². The third-order valence-electron chi connectivity index (χ3n) is 3.70. The lowest BCUT2D eigenvalue weighted by molar-refractivity contribution is 0.166. The van der Waals surface area contributed by atoms with Crippen LogP contribution in [0.5, 0.6) is 5.75 Å². The van der Waals surface area contributed by atoms with Crippen LogP contribution in [0.3, 0.4) is 0 Å². The van der Waals surface area contributed by atoms with Gasteiger partial charge in [0.15, 0.2) is 0 Å². The minimum Gasteiger partial charge on any atom is -0.488 e. The van der Waals surface area contributed by atoms with E-state index in [1.54, 1.807) is 0 Å². The summed E-state index contributed by atoms with van der Waals surface area (Å²) in [6, 6.07) is 12.4. The Morgan fingerprint density at radius 2 is 1.67 bits per heavy atom. The minimum absolute atomic E-state index is 0.475. The molecular weight excluding hydrogens is 260 g/mol. The normalized spacial score (nSPS) is 12.2. The maximum atomic E-state index is 10.2. The first-order valence-corrected chi connectivity index (χ1v) is 7.48. The van der Waals surface area contributed by atoms with E-state index in [9.17, 15) is 5.11 Å². The van der Waals surface area contributed by atoms with E-state index in [4.69, 9.17) is 4.74 Å². The van der Waals surface area contributed by atoms with Crippen LogP contribution in [0.1, 0.15) is 47.3 Å². The molecule has 0 spiro atoms. The van der Waals surface area contributed by atoms with E-state index in [0.717, 1.165) is 28.0 Å². The van der Waals surface area contributed by atoms with E-state index in [0.29, 0.717) is 13.0 Å². The maximum Gasteiger partial charge on any atom is 0.128 e. The van der Waals surface area contributed by atoms with Crippen molar-refractivity contribution in [2.75, 3.05) is 0 Å². The van der Waals surface area contributed by atoms with E-state index in [1.165, 1.54) is 5.56 Å². The highest BCUT2D eigenvalue weighted by molar-refractivity contribution is 5.45. The van der Waals surface area contributed by atoms with Crippen LogP contribution in [0.4, 0.5) is 0 Å². The summed E-state index contributed by atoms with van der Waals surface area (Å²) in [6.07, 6.45) is 0.209. The van der Waals surface area contributed by atoms with Crippen molar-refractivity contribution < 1.29 is 9.84 Å². The van der Waals surface area contributed by atoms with Crippen molar-refractivity contribution in [2.45, 2.75) is 46.8 Å². The van der Waals surface area contributed by atoms with E-state index in [-0.39, 0.29) is 0 Å². The van der Waals surface area contributed by atoms with Gasteiger partial charge in [0.25, 0.3) is 0 Å². The molecule has 0 amide bonds. The fourth-order valence-electron chi connectivity index (χ4n) is 2.49. The summed E-state index contributed by atoms with van der Waals surface area (Å²) < 4.78 is 6.01. The lowest BCUT2D eigenvalue weighted by Gasteiger charge is -2.18. The summed E-state index contributed by atoms with van der Waals surface area (Å²) in [7, 11) is 0. The van der Waals surface area contributed by atoms with Crippen molar-refractivity contribution in [1.29, 1.82) is 0 Å². The predicted molar refractivity (Wildman–Crippen MR) is 86.7 cm³/mol. The molecule has 0 saturated carbocycles. The van der Waals surface area contributed by atoms with E-state index < -0.39 is 6.10 Å². The van der Waals surface area contributed by atoms with Crippen LogP contribution in [-0.2, 0) is 6.61 Å². The molecule has 0 aliphatic carbocycles. The summed E-state index contributed by atoms with van der Waals surface area (Å²) in [4.78, 5) is 0. The fourth-order valence-corrected chi connectivity index (χ4v) is 2.49. The highest BCUT2D eigenvalue weighted by atomic mass is 16.5. The van der Waals surface area contributed by atoms with Crippen LogP contribution in [0.15, 0.2) is 36.4 Å². The molecule has 2 heteroatoms. The van der Waals surface area contributed by atoms with Crippen molar-refractivity contribution in [3.63, 3.8) is 0 Å². The third-order valence-corrected chi connectivity index (χ3v) is 3.70. The van der Waals surface area contributed by atoms with E-state index in [1.807, 2.05) is 26.8 Å². The Kier molecular flexibility index (Phi) is 5.03. The first-order chi connectivity index (χ1) is 10.0. The zero-order valence-corrected chi connectivity index (χ0v) is 13.3. The Hall–Kier alpha value is -1.80. The summed E-state index contributed by atoms with van der Waals surface area (Å²) in [5.74, 6) is 0.815. The van der Waals surface area contributed by atoms with Crippen LogP contribution >= 0.6 is 0 Å². The van der Waals surface area contributed by atoms with Gasteiger partial charge in [-0.25, -0.2) is 0 Å². The molecule has 0 aromatic heterocycles. The zero-order chi connectivity index (χ0) is 15.4. The second kappa shape index (κ2) is 6.77. The van der Waals surface area contributed by atoms with Crippen molar-refractivity contribution in [3.05, 3.63) is 64.2 Å². The van der Waals surface area contributed by atoms with Gasteiger partial charge in [-0.15, -0.1) is 0 Å².